The molecule has 2 heteroatoms. The predicted octanol–water partition coefficient (Wildman–Crippen LogP) is 5.45. The van der Waals surface area contributed by atoms with Crippen LogP contribution in [0.3, 0.4) is 0 Å². The second-order valence-electron chi connectivity index (χ2n) is 6.21. The van der Waals surface area contributed by atoms with Gasteiger partial charge in [-0.05, 0) is 42.4 Å². The third-order valence-electron chi connectivity index (χ3n) is 4.26. The quantitative estimate of drug-likeness (QED) is 0.579. The molecule has 0 aromatic heterocycles. The van der Waals surface area contributed by atoms with Gasteiger partial charge in [-0.25, -0.2) is 8.78 Å². The lowest BCUT2D eigenvalue weighted by atomic mass is 9.74. The molecular weight excluding hydrogens is 242 g/mol. The summed E-state index contributed by atoms with van der Waals surface area (Å²) >= 11 is 0. The topological polar surface area (TPSA) is 0 Å². The Hall–Kier alpha value is -1.18. The second-order valence-corrected chi connectivity index (χ2v) is 6.21. The molecule has 2 aliphatic rings. The summed E-state index contributed by atoms with van der Waals surface area (Å²) < 4.78 is 26.5. The van der Waals surface area contributed by atoms with Gasteiger partial charge in [0.15, 0.2) is 0 Å². The molecule has 2 atom stereocenters. The normalized spacial score (nSPS) is 29.8. The SMILES string of the molecule is C=CC(F)(F)CCC(=C)C1(C)C=C2CC2=CC(C)C1. The average molecular weight is 264 g/mol. The molecule has 0 nitrogen and oxygen atoms in total. The van der Waals surface area contributed by atoms with E-state index in [-0.39, 0.29) is 11.8 Å². The van der Waals surface area contributed by atoms with Crippen molar-refractivity contribution in [3.63, 3.8) is 0 Å². The van der Waals surface area contributed by atoms with Gasteiger partial charge in [-0.15, -0.1) is 0 Å². The minimum Gasteiger partial charge on any atom is -0.202 e. The maximum Gasteiger partial charge on any atom is 0.266 e. The Morgan fingerprint density at radius 1 is 1.53 bits per heavy atom. The fourth-order valence-corrected chi connectivity index (χ4v) is 2.94. The van der Waals surface area contributed by atoms with Crippen molar-refractivity contribution in [2.24, 2.45) is 11.3 Å². The van der Waals surface area contributed by atoms with E-state index in [1.807, 2.05) is 0 Å². The number of fused-ring (bicyclic) bond motifs is 1. The summed E-state index contributed by atoms with van der Waals surface area (Å²) in [5.41, 5.74) is 3.57. The molecule has 2 aliphatic carbocycles. The van der Waals surface area contributed by atoms with Crippen molar-refractivity contribution in [2.75, 3.05) is 0 Å². The molecule has 0 N–H and O–H groups in total. The van der Waals surface area contributed by atoms with Crippen LogP contribution in [0, 0.1) is 11.3 Å². The molecule has 0 amide bonds. The summed E-state index contributed by atoms with van der Waals surface area (Å²) in [6.45, 7) is 11.6. The van der Waals surface area contributed by atoms with Gasteiger partial charge < -0.3 is 0 Å². The maximum atomic E-state index is 13.3. The molecule has 1 fully saturated rings. The summed E-state index contributed by atoms with van der Waals surface area (Å²) in [5, 5.41) is 0. The number of rotatable bonds is 5. The van der Waals surface area contributed by atoms with Crippen molar-refractivity contribution < 1.29 is 8.78 Å². The van der Waals surface area contributed by atoms with E-state index in [0.29, 0.717) is 12.3 Å². The van der Waals surface area contributed by atoms with Crippen molar-refractivity contribution in [3.05, 3.63) is 48.1 Å². The Morgan fingerprint density at radius 2 is 2.21 bits per heavy atom. The van der Waals surface area contributed by atoms with Crippen LogP contribution in [-0.2, 0) is 0 Å². The Kier molecular flexibility index (Phi) is 3.55. The van der Waals surface area contributed by atoms with Gasteiger partial charge in [0, 0.05) is 11.8 Å². The third kappa shape index (κ3) is 3.23. The van der Waals surface area contributed by atoms with Crippen LogP contribution in [-0.4, -0.2) is 5.92 Å². The molecule has 0 aromatic rings. The fourth-order valence-electron chi connectivity index (χ4n) is 2.94. The van der Waals surface area contributed by atoms with Crippen LogP contribution >= 0.6 is 0 Å². The summed E-state index contributed by atoms with van der Waals surface area (Å²) in [6, 6.07) is 0. The molecule has 0 aromatic carbocycles. The highest BCUT2D eigenvalue weighted by Gasteiger charge is 2.36. The van der Waals surface area contributed by atoms with Crippen LogP contribution in [0.4, 0.5) is 8.78 Å². The Balaban J connectivity index is 2.06. The molecule has 0 heterocycles. The Labute approximate surface area is 114 Å². The van der Waals surface area contributed by atoms with Crippen LogP contribution in [0.5, 0.6) is 0 Å². The van der Waals surface area contributed by atoms with E-state index in [0.717, 1.165) is 24.5 Å². The lowest BCUT2D eigenvalue weighted by molar-refractivity contribution is 0.0452. The van der Waals surface area contributed by atoms with Gasteiger partial charge in [-0.1, -0.05) is 44.7 Å². The monoisotopic (exact) mass is 264 g/mol. The standard InChI is InChI=1S/C17H22F2/c1-5-17(18,19)7-6-13(3)16(4)10-12(2)8-14-9-15(14)11-16/h5,8,11-12H,1,3,6-7,9-10H2,2,4H3. The maximum absolute atomic E-state index is 13.3. The summed E-state index contributed by atoms with van der Waals surface area (Å²) in [5.74, 6) is -2.31. The molecule has 0 radical (unpaired) electrons. The molecule has 1 saturated carbocycles. The van der Waals surface area contributed by atoms with Gasteiger partial charge in [-0.3, -0.25) is 0 Å². The number of halogens is 2. The lowest BCUT2D eigenvalue weighted by Crippen LogP contribution is -2.21. The van der Waals surface area contributed by atoms with Gasteiger partial charge in [0.25, 0.3) is 5.92 Å². The summed E-state index contributed by atoms with van der Waals surface area (Å²) in [6.07, 6.45) is 7.47. The van der Waals surface area contributed by atoms with Crippen LogP contribution in [0.1, 0.15) is 39.5 Å². The van der Waals surface area contributed by atoms with E-state index in [1.54, 1.807) is 0 Å². The zero-order chi connectivity index (χ0) is 14.3. The second kappa shape index (κ2) is 4.73. The number of allylic oxidation sites excluding steroid dienone is 6. The van der Waals surface area contributed by atoms with E-state index in [1.165, 1.54) is 11.1 Å². The highest BCUT2D eigenvalue weighted by atomic mass is 19.3. The first kappa shape index (κ1) is 14.2. The van der Waals surface area contributed by atoms with E-state index >= 15 is 0 Å². The molecule has 2 unspecified atom stereocenters. The zero-order valence-electron chi connectivity index (χ0n) is 11.8. The first-order valence-electron chi connectivity index (χ1n) is 6.88. The fraction of sp³-hybridized carbons (Fsp3) is 0.529. The largest absolute Gasteiger partial charge is 0.266 e. The highest BCUT2D eigenvalue weighted by molar-refractivity contribution is 5.53. The van der Waals surface area contributed by atoms with Crippen molar-refractivity contribution in [2.45, 2.75) is 45.5 Å². The van der Waals surface area contributed by atoms with Crippen molar-refractivity contribution >= 4 is 0 Å². The molecule has 104 valence electrons. The van der Waals surface area contributed by atoms with Crippen LogP contribution in [0.25, 0.3) is 0 Å². The molecular formula is C17H22F2. The first-order chi connectivity index (χ1) is 8.76. The van der Waals surface area contributed by atoms with Crippen LogP contribution < -0.4 is 0 Å². The van der Waals surface area contributed by atoms with E-state index in [9.17, 15) is 8.78 Å². The molecule has 2 rings (SSSR count). The van der Waals surface area contributed by atoms with Gasteiger partial charge in [-0.2, -0.15) is 0 Å². The number of hydrogen-bond acceptors (Lipinski definition) is 0. The average Bonchev–Trinajstić information content (AvgIpc) is 3.03. The van der Waals surface area contributed by atoms with E-state index in [4.69, 9.17) is 0 Å². The molecule has 0 aliphatic heterocycles. The van der Waals surface area contributed by atoms with Crippen LogP contribution in [0.15, 0.2) is 48.1 Å². The zero-order valence-corrected chi connectivity index (χ0v) is 11.8. The minimum absolute atomic E-state index is 0.152. The molecule has 0 saturated heterocycles. The van der Waals surface area contributed by atoms with Crippen molar-refractivity contribution in [3.8, 4) is 0 Å². The minimum atomic E-state index is -2.79. The predicted molar refractivity (Wildman–Crippen MR) is 76.2 cm³/mol. The third-order valence-corrected chi connectivity index (χ3v) is 4.26. The van der Waals surface area contributed by atoms with E-state index < -0.39 is 5.92 Å². The Bertz CT molecular complexity index is 468. The highest BCUT2D eigenvalue weighted by Crippen LogP contribution is 2.49. The van der Waals surface area contributed by atoms with Gasteiger partial charge in [0.05, 0.1) is 0 Å². The van der Waals surface area contributed by atoms with Gasteiger partial charge in [0.1, 0.15) is 0 Å². The van der Waals surface area contributed by atoms with Gasteiger partial charge >= 0.3 is 0 Å². The van der Waals surface area contributed by atoms with E-state index in [2.05, 4.69) is 39.2 Å². The van der Waals surface area contributed by atoms with Crippen LogP contribution in [0.2, 0.25) is 0 Å². The first-order valence-corrected chi connectivity index (χ1v) is 6.88. The summed E-state index contributed by atoms with van der Waals surface area (Å²) in [4.78, 5) is 0. The smallest absolute Gasteiger partial charge is 0.202 e. The Morgan fingerprint density at radius 3 is 2.84 bits per heavy atom. The summed E-state index contributed by atoms with van der Waals surface area (Å²) in [7, 11) is 0. The molecule has 19 heavy (non-hydrogen) atoms. The van der Waals surface area contributed by atoms with Gasteiger partial charge in [0.2, 0.25) is 0 Å². The molecule has 0 bridgehead atoms. The molecule has 0 spiro atoms. The van der Waals surface area contributed by atoms with Crippen molar-refractivity contribution in [1.82, 2.24) is 0 Å². The number of hydrogen-bond donors (Lipinski definition) is 0. The lowest BCUT2D eigenvalue weighted by Gasteiger charge is -2.31. The van der Waals surface area contributed by atoms with Crippen molar-refractivity contribution in [1.29, 1.82) is 0 Å². The number of alkyl halides is 2.